The minimum Gasteiger partial charge on any atom is -0.493 e. The summed E-state index contributed by atoms with van der Waals surface area (Å²) >= 11 is 1.62. The molecule has 26 heavy (non-hydrogen) atoms. The zero-order valence-corrected chi connectivity index (χ0v) is 16.3. The Labute approximate surface area is 158 Å². The maximum absolute atomic E-state index is 11.9. The fourth-order valence-electron chi connectivity index (χ4n) is 2.79. The minimum absolute atomic E-state index is 0.127. The van der Waals surface area contributed by atoms with E-state index in [1.165, 1.54) is 5.56 Å². The summed E-state index contributed by atoms with van der Waals surface area (Å²) in [6, 6.07) is 15.9. The molecule has 1 atom stereocenters. The number of carbonyl (C=O) groups excluding carboxylic acids is 1. The lowest BCUT2D eigenvalue weighted by Gasteiger charge is -2.14. The van der Waals surface area contributed by atoms with Crippen molar-refractivity contribution in [1.82, 2.24) is 9.55 Å². The molecule has 1 aromatic heterocycles. The largest absolute Gasteiger partial charge is 0.493 e. The molecule has 0 aliphatic heterocycles. The van der Waals surface area contributed by atoms with E-state index >= 15 is 0 Å². The number of thioether (sulfide) groups is 1. The molecule has 0 aliphatic rings. The zero-order valence-electron chi connectivity index (χ0n) is 15.4. The second-order valence-electron chi connectivity index (χ2n) is 6.23. The van der Waals surface area contributed by atoms with Gasteiger partial charge < -0.3 is 9.30 Å². The maximum atomic E-state index is 11.9. The Morgan fingerprint density at radius 2 is 1.92 bits per heavy atom. The number of hydrogen-bond donors (Lipinski definition) is 0. The van der Waals surface area contributed by atoms with Gasteiger partial charge in [-0.1, -0.05) is 43.0 Å². The van der Waals surface area contributed by atoms with Gasteiger partial charge in [0.25, 0.3) is 0 Å². The molecule has 0 unspecified atom stereocenters. The van der Waals surface area contributed by atoms with E-state index in [0.717, 1.165) is 34.1 Å². The van der Waals surface area contributed by atoms with Gasteiger partial charge in [0.1, 0.15) is 5.75 Å². The molecule has 0 saturated carbocycles. The highest BCUT2D eigenvalue weighted by Gasteiger charge is 2.18. The third-order valence-electron chi connectivity index (χ3n) is 4.45. The fraction of sp³-hybridized carbons (Fsp3) is 0.333. The normalized spacial score (nSPS) is 12.3. The number of ether oxygens (including phenoxy) is 1. The number of nitrogens with zero attached hydrogens (tertiary/aromatic N) is 2. The Morgan fingerprint density at radius 3 is 2.62 bits per heavy atom. The molecule has 0 saturated heterocycles. The van der Waals surface area contributed by atoms with Crippen LogP contribution in [-0.4, -0.2) is 27.7 Å². The summed E-state index contributed by atoms with van der Waals surface area (Å²) in [5, 5.41) is 0.860. The van der Waals surface area contributed by atoms with Gasteiger partial charge in [-0.05, 0) is 50.1 Å². The number of aromatic nitrogens is 2. The minimum atomic E-state index is -0.229. The van der Waals surface area contributed by atoms with Gasteiger partial charge in [-0.25, -0.2) is 4.98 Å². The van der Waals surface area contributed by atoms with E-state index in [9.17, 15) is 4.79 Å². The van der Waals surface area contributed by atoms with Crippen molar-refractivity contribution in [1.29, 1.82) is 0 Å². The molecule has 0 radical (unpaired) electrons. The Hall–Kier alpha value is -2.27. The summed E-state index contributed by atoms with van der Waals surface area (Å²) in [4.78, 5) is 16.6. The van der Waals surface area contributed by atoms with Crippen molar-refractivity contribution in [3.8, 4) is 5.75 Å². The molecular weight excluding hydrogens is 344 g/mol. The molecule has 0 N–H and O–H groups in total. The highest BCUT2D eigenvalue weighted by molar-refractivity contribution is 7.99. The predicted molar refractivity (Wildman–Crippen MR) is 107 cm³/mol. The number of rotatable bonds is 8. The smallest absolute Gasteiger partial charge is 0.169 e. The molecule has 4 nitrogen and oxygen atoms in total. The van der Waals surface area contributed by atoms with Crippen molar-refractivity contribution in [2.75, 3.05) is 12.4 Å². The van der Waals surface area contributed by atoms with Crippen LogP contribution in [-0.2, 0) is 11.2 Å². The third kappa shape index (κ3) is 4.10. The van der Waals surface area contributed by atoms with Crippen molar-refractivity contribution in [3.63, 3.8) is 0 Å². The molecule has 0 aliphatic carbocycles. The van der Waals surface area contributed by atoms with Crippen LogP contribution in [0.3, 0.4) is 0 Å². The topological polar surface area (TPSA) is 44.1 Å². The van der Waals surface area contributed by atoms with Gasteiger partial charge in [0.2, 0.25) is 0 Å². The molecule has 3 rings (SSSR count). The van der Waals surface area contributed by atoms with Crippen molar-refractivity contribution < 1.29 is 9.53 Å². The first-order chi connectivity index (χ1) is 12.6. The number of imidazole rings is 1. The van der Waals surface area contributed by atoms with Gasteiger partial charge >= 0.3 is 0 Å². The molecule has 5 heteroatoms. The molecule has 0 amide bonds. The van der Waals surface area contributed by atoms with Crippen molar-refractivity contribution >= 4 is 28.6 Å². The Balaban J connectivity index is 1.68. The molecule has 136 valence electrons. The lowest BCUT2D eigenvalue weighted by Crippen LogP contribution is -2.14. The second-order valence-corrected chi connectivity index (χ2v) is 7.30. The van der Waals surface area contributed by atoms with E-state index in [-0.39, 0.29) is 11.8 Å². The molecule has 0 bridgehead atoms. The standard InChI is InChI=1S/C21H24N2O2S/c1-4-17-9-11-18(12-10-17)25-13-14-26-21-22-19-7-5-6-8-20(19)23(21)15(2)16(3)24/h5-12,15H,4,13-14H2,1-3H3/t15-/m0/s1. The van der Waals surface area contributed by atoms with Gasteiger partial charge in [0.15, 0.2) is 10.9 Å². The number of benzene rings is 2. The summed E-state index contributed by atoms with van der Waals surface area (Å²) in [5.41, 5.74) is 3.21. The first-order valence-electron chi connectivity index (χ1n) is 8.92. The van der Waals surface area contributed by atoms with E-state index < -0.39 is 0 Å². The number of ketones is 1. The number of aryl methyl sites for hydroxylation is 1. The zero-order chi connectivity index (χ0) is 18.5. The van der Waals surface area contributed by atoms with Crippen LogP contribution in [0.4, 0.5) is 0 Å². The highest BCUT2D eigenvalue weighted by Crippen LogP contribution is 2.28. The first kappa shape index (κ1) is 18.5. The van der Waals surface area contributed by atoms with E-state index in [1.807, 2.05) is 47.9 Å². The molecule has 0 fully saturated rings. The van der Waals surface area contributed by atoms with Crippen LogP contribution in [0.2, 0.25) is 0 Å². The van der Waals surface area contributed by atoms with Crippen LogP contribution in [0.5, 0.6) is 5.75 Å². The van der Waals surface area contributed by atoms with Crippen molar-refractivity contribution in [3.05, 3.63) is 54.1 Å². The van der Waals surface area contributed by atoms with E-state index in [1.54, 1.807) is 18.7 Å². The molecule has 3 aromatic rings. The van der Waals surface area contributed by atoms with Crippen LogP contribution in [0.25, 0.3) is 11.0 Å². The summed E-state index contributed by atoms with van der Waals surface area (Å²) < 4.78 is 7.85. The Kier molecular flexibility index (Phi) is 5.99. The third-order valence-corrected chi connectivity index (χ3v) is 5.37. The van der Waals surface area contributed by atoms with Crippen LogP contribution in [0, 0.1) is 0 Å². The van der Waals surface area contributed by atoms with E-state index in [2.05, 4.69) is 19.1 Å². The maximum Gasteiger partial charge on any atom is 0.169 e. The monoisotopic (exact) mass is 368 g/mol. The molecule has 2 aromatic carbocycles. The Morgan fingerprint density at radius 1 is 1.19 bits per heavy atom. The van der Waals surface area contributed by atoms with Crippen molar-refractivity contribution in [2.24, 2.45) is 0 Å². The predicted octanol–water partition coefficient (Wildman–Crippen LogP) is 4.92. The van der Waals surface area contributed by atoms with E-state index in [4.69, 9.17) is 9.72 Å². The van der Waals surface area contributed by atoms with Gasteiger partial charge in [0.05, 0.1) is 23.7 Å². The summed E-state index contributed by atoms with van der Waals surface area (Å²) in [6.07, 6.45) is 1.03. The summed E-state index contributed by atoms with van der Waals surface area (Å²) in [5.74, 6) is 1.78. The van der Waals surface area contributed by atoms with Crippen LogP contribution < -0.4 is 4.74 Å². The number of hydrogen-bond acceptors (Lipinski definition) is 4. The molecule has 0 spiro atoms. The van der Waals surface area contributed by atoms with Crippen LogP contribution in [0.1, 0.15) is 32.4 Å². The fourth-order valence-corrected chi connectivity index (χ4v) is 3.70. The van der Waals surface area contributed by atoms with Gasteiger partial charge in [-0.15, -0.1) is 0 Å². The average Bonchev–Trinajstić information content (AvgIpc) is 3.03. The lowest BCUT2D eigenvalue weighted by molar-refractivity contribution is -0.119. The number of carbonyl (C=O) groups is 1. The van der Waals surface area contributed by atoms with Gasteiger partial charge in [0, 0.05) is 5.75 Å². The Bertz CT molecular complexity index is 887. The number of Topliss-reactive ketones (excluding diaryl/α,β-unsaturated/α-hetero) is 1. The van der Waals surface area contributed by atoms with Gasteiger partial charge in [-0.2, -0.15) is 0 Å². The quantitative estimate of drug-likeness (QED) is 0.418. The van der Waals surface area contributed by atoms with Gasteiger partial charge in [-0.3, -0.25) is 4.79 Å². The number of para-hydroxylation sites is 2. The second kappa shape index (κ2) is 8.41. The SMILES string of the molecule is CCc1ccc(OCCSc2nc3ccccc3n2[C@@H](C)C(C)=O)cc1. The summed E-state index contributed by atoms with van der Waals surface area (Å²) in [7, 11) is 0. The van der Waals surface area contributed by atoms with Crippen LogP contribution >= 0.6 is 11.8 Å². The lowest BCUT2D eigenvalue weighted by atomic mass is 10.2. The number of fused-ring (bicyclic) bond motifs is 1. The first-order valence-corrected chi connectivity index (χ1v) is 9.90. The van der Waals surface area contributed by atoms with Crippen molar-refractivity contribution in [2.45, 2.75) is 38.4 Å². The molecular formula is C21H24N2O2S. The average molecular weight is 369 g/mol. The van der Waals surface area contributed by atoms with E-state index in [0.29, 0.717) is 6.61 Å². The van der Waals surface area contributed by atoms with Crippen LogP contribution in [0.15, 0.2) is 53.7 Å². The summed E-state index contributed by atoms with van der Waals surface area (Å²) in [6.45, 7) is 6.28. The highest BCUT2D eigenvalue weighted by atomic mass is 32.2. The molecule has 1 heterocycles.